The number of aliphatic imine (C=N–C) groups is 2. The van der Waals surface area contributed by atoms with Crippen molar-refractivity contribution in [2.45, 2.75) is 19.3 Å². The molecule has 0 atom stereocenters. The van der Waals surface area contributed by atoms with Crippen molar-refractivity contribution in [3.05, 3.63) is 59.7 Å². The Hall–Kier alpha value is -2.44. The number of nitrogens with zero attached hydrogens (tertiary/aromatic N) is 2. The maximum Gasteiger partial charge on any atom is 0.128 e. The first-order valence-electron chi connectivity index (χ1n) is 10.6. The number of benzene rings is 2. The molecular formula is C23H32Cl2N6. The van der Waals surface area contributed by atoms with Crippen molar-refractivity contribution in [3.8, 4) is 0 Å². The average molecular weight is 463 g/mol. The highest BCUT2D eigenvalue weighted by Gasteiger charge is 2.08. The van der Waals surface area contributed by atoms with Crippen molar-refractivity contribution in [2.24, 2.45) is 9.98 Å². The Kier molecular flexibility index (Phi) is 10.5. The quantitative estimate of drug-likeness (QED) is 0.403. The first kappa shape index (κ1) is 24.8. The predicted molar refractivity (Wildman–Crippen MR) is 137 cm³/mol. The Bertz CT molecular complexity index is 778. The van der Waals surface area contributed by atoms with Crippen LogP contribution in [-0.2, 0) is 0 Å². The van der Waals surface area contributed by atoms with Crippen molar-refractivity contribution in [1.82, 2.24) is 10.6 Å². The van der Waals surface area contributed by atoms with Gasteiger partial charge in [0.25, 0.3) is 0 Å². The van der Waals surface area contributed by atoms with Gasteiger partial charge in [-0.2, -0.15) is 0 Å². The van der Waals surface area contributed by atoms with Crippen LogP contribution in [0, 0.1) is 0 Å². The third-order valence-electron chi connectivity index (χ3n) is 5.18. The van der Waals surface area contributed by atoms with Gasteiger partial charge in [-0.25, -0.2) is 0 Å². The van der Waals surface area contributed by atoms with E-state index >= 15 is 0 Å². The van der Waals surface area contributed by atoms with Gasteiger partial charge in [-0.3, -0.25) is 9.98 Å². The maximum absolute atomic E-state index is 4.45. The first-order valence-corrected chi connectivity index (χ1v) is 10.6. The van der Waals surface area contributed by atoms with E-state index in [9.17, 15) is 0 Å². The van der Waals surface area contributed by atoms with Crippen LogP contribution in [0.5, 0.6) is 0 Å². The van der Waals surface area contributed by atoms with Gasteiger partial charge in [0.05, 0.1) is 13.1 Å². The van der Waals surface area contributed by atoms with E-state index in [1.165, 1.54) is 41.8 Å². The number of hydrogen-bond donors (Lipinski definition) is 4. The minimum absolute atomic E-state index is 0. The van der Waals surface area contributed by atoms with Gasteiger partial charge in [0.2, 0.25) is 0 Å². The lowest BCUT2D eigenvalue weighted by molar-refractivity contribution is 0.721. The Labute approximate surface area is 197 Å². The SMILES string of the molecule is Cl.Cl.c1cc(C2=NCCN2)ccc1NCCCCCNc1ccc(C2=NCCN2)cc1. The summed E-state index contributed by atoms with van der Waals surface area (Å²) in [6, 6.07) is 17.1. The molecule has 2 heterocycles. The summed E-state index contributed by atoms with van der Waals surface area (Å²) < 4.78 is 0. The zero-order chi connectivity index (χ0) is 19.7. The zero-order valence-electron chi connectivity index (χ0n) is 17.7. The van der Waals surface area contributed by atoms with E-state index < -0.39 is 0 Å². The number of hydrogen-bond acceptors (Lipinski definition) is 6. The van der Waals surface area contributed by atoms with Gasteiger partial charge < -0.3 is 21.3 Å². The smallest absolute Gasteiger partial charge is 0.128 e. The molecule has 0 spiro atoms. The molecule has 2 aromatic carbocycles. The first-order chi connectivity index (χ1) is 14.4. The van der Waals surface area contributed by atoms with Crippen molar-refractivity contribution < 1.29 is 0 Å². The fourth-order valence-electron chi connectivity index (χ4n) is 3.57. The van der Waals surface area contributed by atoms with E-state index in [0.717, 1.165) is 50.9 Å². The van der Waals surface area contributed by atoms with E-state index in [1.54, 1.807) is 0 Å². The van der Waals surface area contributed by atoms with Crippen LogP contribution in [-0.4, -0.2) is 50.9 Å². The summed E-state index contributed by atoms with van der Waals surface area (Å²) in [5.74, 6) is 2.03. The number of halogens is 2. The lowest BCUT2D eigenvalue weighted by Crippen LogP contribution is -2.19. The summed E-state index contributed by atoms with van der Waals surface area (Å²) in [5, 5.41) is 13.6. The second-order valence-electron chi connectivity index (χ2n) is 7.38. The monoisotopic (exact) mass is 462 g/mol. The fraction of sp³-hybridized carbons (Fsp3) is 0.391. The number of nitrogens with one attached hydrogen (secondary N) is 4. The van der Waals surface area contributed by atoms with Gasteiger partial charge in [0.15, 0.2) is 0 Å². The van der Waals surface area contributed by atoms with E-state index in [1.807, 2.05) is 0 Å². The molecule has 4 N–H and O–H groups in total. The topological polar surface area (TPSA) is 72.8 Å². The van der Waals surface area contributed by atoms with Crippen LogP contribution >= 0.6 is 24.8 Å². The molecule has 0 aromatic heterocycles. The van der Waals surface area contributed by atoms with E-state index in [0.29, 0.717) is 0 Å². The van der Waals surface area contributed by atoms with Crippen LogP contribution in [0.3, 0.4) is 0 Å². The molecule has 0 aliphatic carbocycles. The molecule has 0 saturated carbocycles. The molecule has 2 aliphatic rings. The molecule has 2 aliphatic heterocycles. The molecule has 0 bridgehead atoms. The summed E-state index contributed by atoms with van der Waals surface area (Å²) >= 11 is 0. The molecule has 8 heteroatoms. The summed E-state index contributed by atoms with van der Waals surface area (Å²) in [6.07, 6.45) is 3.54. The average Bonchev–Trinajstić information content (AvgIpc) is 3.48. The van der Waals surface area contributed by atoms with Crippen molar-refractivity contribution in [2.75, 3.05) is 49.9 Å². The molecule has 0 saturated heterocycles. The Morgan fingerprint density at radius 3 is 1.39 bits per heavy atom. The molecule has 4 rings (SSSR count). The van der Waals surface area contributed by atoms with Crippen molar-refractivity contribution >= 4 is 47.9 Å². The Morgan fingerprint density at radius 1 is 0.613 bits per heavy atom. The lowest BCUT2D eigenvalue weighted by Gasteiger charge is -2.09. The summed E-state index contributed by atoms with van der Waals surface area (Å²) in [6.45, 7) is 5.65. The molecule has 0 amide bonds. The third-order valence-corrected chi connectivity index (χ3v) is 5.18. The highest BCUT2D eigenvalue weighted by atomic mass is 35.5. The summed E-state index contributed by atoms with van der Waals surface area (Å²) in [4.78, 5) is 8.91. The number of rotatable bonds is 10. The summed E-state index contributed by atoms with van der Waals surface area (Å²) in [5.41, 5.74) is 4.68. The molecule has 31 heavy (non-hydrogen) atoms. The van der Waals surface area contributed by atoms with Gasteiger partial charge in [-0.1, -0.05) is 0 Å². The van der Waals surface area contributed by atoms with Crippen molar-refractivity contribution in [1.29, 1.82) is 0 Å². The maximum atomic E-state index is 4.45. The second-order valence-corrected chi connectivity index (χ2v) is 7.38. The number of anilines is 2. The van der Waals surface area contributed by atoms with Gasteiger partial charge in [0.1, 0.15) is 11.7 Å². The van der Waals surface area contributed by atoms with Gasteiger partial charge >= 0.3 is 0 Å². The molecule has 0 radical (unpaired) electrons. The van der Waals surface area contributed by atoms with Crippen LogP contribution in [0.1, 0.15) is 30.4 Å². The Morgan fingerprint density at radius 2 is 1.03 bits per heavy atom. The largest absolute Gasteiger partial charge is 0.385 e. The third kappa shape index (κ3) is 7.33. The number of amidine groups is 2. The standard InChI is InChI=1S/C23H30N6.2ClH/c1(2-12-24-20-8-4-18(5-9-20)22-26-14-15-27-22)3-13-25-21-10-6-19(7-11-21)23-28-16-17-29-23;;/h4-11,24-25H,1-3,12-17H2,(H,26,27)(H,28,29);2*1H. The summed E-state index contributed by atoms with van der Waals surface area (Å²) in [7, 11) is 0. The molecule has 0 fully saturated rings. The molecular weight excluding hydrogens is 431 g/mol. The van der Waals surface area contributed by atoms with Gasteiger partial charge in [0, 0.05) is 48.7 Å². The molecule has 168 valence electrons. The van der Waals surface area contributed by atoms with Gasteiger partial charge in [-0.15, -0.1) is 24.8 Å². The van der Waals surface area contributed by atoms with E-state index in [4.69, 9.17) is 0 Å². The van der Waals surface area contributed by atoms with Crippen LogP contribution in [0.4, 0.5) is 11.4 Å². The minimum Gasteiger partial charge on any atom is -0.385 e. The lowest BCUT2D eigenvalue weighted by atomic mass is 10.1. The highest BCUT2D eigenvalue weighted by Crippen LogP contribution is 2.13. The molecule has 2 aromatic rings. The normalized spacial score (nSPS) is 14.3. The van der Waals surface area contributed by atoms with E-state index in [-0.39, 0.29) is 24.8 Å². The molecule has 6 nitrogen and oxygen atoms in total. The van der Waals surface area contributed by atoms with E-state index in [2.05, 4.69) is 79.8 Å². The highest BCUT2D eigenvalue weighted by molar-refractivity contribution is 6.00. The second kappa shape index (κ2) is 13.1. The predicted octanol–water partition coefficient (Wildman–Crippen LogP) is 3.92. The zero-order valence-corrected chi connectivity index (χ0v) is 19.3. The molecule has 0 unspecified atom stereocenters. The van der Waals surface area contributed by atoms with Crippen LogP contribution < -0.4 is 21.3 Å². The number of unbranched alkanes of at least 4 members (excludes halogenated alkanes) is 2. The van der Waals surface area contributed by atoms with Gasteiger partial charge in [-0.05, 0) is 67.8 Å². The van der Waals surface area contributed by atoms with Crippen LogP contribution in [0.15, 0.2) is 58.5 Å². The minimum atomic E-state index is 0. The van der Waals surface area contributed by atoms with Crippen LogP contribution in [0.2, 0.25) is 0 Å². The van der Waals surface area contributed by atoms with Crippen LogP contribution in [0.25, 0.3) is 0 Å². The Balaban J connectivity index is 0.00000171. The van der Waals surface area contributed by atoms with Crippen molar-refractivity contribution in [3.63, 3.8) is 0 Å². The fourth-order valence-corrected chi connectivity index (χ4v) is 3.57.